The SMILES string of the molecule is COCC(C)NC(=O)NCCNC(=O)CC1CCCCC1. The van der Waals surface area contributed by atoms with Crippen LogP contribution in [0.5, 0.6) is 0 Å². The maximum Gasteiger partial charge on any atom is 0.315 e. The summed E-state index contributed by atoms with van der Waals surface area (Å²) in [5.74, 6) is 0.641. The van der Waals surface area contributed by atoms with Gasteiger partial charge >= 0.3 is 6.03 Å². The van der Waals surface area contributed by atoms with Crippen LogP contribution < -0.4 is 16.0 Å². The molecule has 1 rings (SSSR count). The molecule has 0 saturated heterocycles. The molecule has 0 bridgehead atoms. The topological polar surface area (TPSA) is 79.5 Å². The minimum atomic E-state index is -0.235. The number of methoxy groups -OCH3 is 1. The summed E-state index contributed by atoms with van der Waals surface area (Å²) < 4.78 is 4.93. The maximum atomic E-state index is 11.8. The van der Waals surface area contributed by atoms with Crippen molar-refractivity contribution in [1.29, 1.82) is 0 Å². The largest absolute Gasteiger partial charge is 0.383 e. The van der Waals surface area contributed by atoms with E-state index in [4.69, 9.17) is 4.74 Å². The van der Waals surface area contributed by atoms with E-state index in [0.29, 0.717) is 32.0 Å². The van der Waals surface area contributed by atoms with E-state index in [1.165, 1.54) is 32.1 Å². The van der Waals surface area contributed by atoms with Gasteiger partial charge in [0.25, 0.3) is 0 Å². The average molecular weight is 299 g/mol. The number of rotatable bonds is 8. The van der Waals surface area contributed by atoms with E-state index in [1.807, 2.05) is 6.92 Å². The first-order valence-corrected chi connectivity index (χ1v) is 7.91. The van der Waals surface area contributed by atoms with Crippen LogP contribution in [-0.4, -0.2) is 44.8 Å². The molecule has 1 aliphatic carbocycles. The van der Waals surface area contributed by atoms with Gasteiger partial charge in [0.15, 0.2) is 0 Å². The monoisotopic (exact) mass is 299 g/mol. The van der Waals surface area contributed by atoms with E-state index in [2.05, 4.69) is 16.0 Å². The van der Waals surface area contributed by atoms with Crippen molar-refractivity contribution in [3.63, 3.8) is 0 Å². The van der Waals surface area contributed by atoms with Gasteiger partial charge in [0.1, 0.15) is 0 Å². The Kier molecular flexibility index (Phi) is 8.82. The fourth-order valence-electron chi connectivity index (χ4n) is 2.67. The number of ether oxygens (including phenoxy) is 1. The molecule has 1 unspecified atom stereocenters. The number of amides is 3. The third-order valence-electron chi connectivity index (χ3n) is 3.73. The molecule has 6 nitrogen and oxygen atoms in total. The van der Waals surface area contributed by atoms with Crippen LogP contribution in [0.15, 0.2) is 0 Å². The van der Waals surface area contributed by atoms with E-state index >= 15 is 0 Å². The van der Waals surface area contributed by atoms with Crippen molar-refractivity contribution >= 4 is 11.9 Å². The summed E-state index contributed by atoms with van der Waals surface area (Å²) in [7, 11) is 1.60. The molecule has 0 aliphatic heterocycles. The van der Waals surface area contributed by atoms with Gasteiger partial charge in [-0.2, -0.15) is 0 Å². The van der Waals surface area contributed by atoms with Crippen molar-refractivity contribution in [2.45, 2.75) is 51.5 Å². The van der Waals surface area contributed by atoms with Crippen LogP contribution in [0.1, 0.15) is 45.4 Å². The Bertz CT molecular complexity index is 317. The van der Waals surface area contributed by atoms with Gasteiger partial charge in [-0.1, -0.05) is 19.3 Å². The van der Waals surface area contributed by atoms with Crippen LogP contribution in [0, 0.1) is 5.92 Å². The molecule has 1 atom stereocenters. The van der Waals surface area contributed by atoms with Gasteiger partial charge in [-0.05, 0) is 25.7 Å². The molecule has 1 aliphatic rings. The fourth-order valence-corrected chi connectivity index (χ4v) is 2.67. The van der Waals surface area contributed by atoms with E-state index in [9.17, 15) is 9.59 Å². The lowest BCUT2D eigenvalue weighted by Gasteiger charge is -2.20. The van der Waals surface area contributed by atoms with Crippen molar-refractivity contribution in [1.82, 2.24) is 16.0 Å². The zero-order valence-electron chi connectivity index (χ0n) is 13.2. The summed E-state index contributed by atoms with van der Waals surface area (Å²) in [6.07, 6.45) is 6.77. The Morgan fingerprint density at radius 1 is 1.14 bits per heavy atom. The standard InChI is InChI=1S/C15H29N3O3/c1-12(11-21-2)18-15(20)17-9-8-16-14(19)10-13-6-4-3-5-7-13/h12-13H,3-11H2,1-2H3,(H,16,19)(H2,17,18,20). The first kappa shape index (κ1) is 17.8. The molecule has 0 heterocycles. The molecule has 1 fully saturated rings. The molecule has 3 N–H and O–H groups in total. The Morgan fingerprint density at radius 2 is 1.81 bits per heavy atom. The molecule has 6 heteroatoms. The summed E-state index contributed by atoms with van der Waals surface area (Å²) >= 11 is 0. The summed E-state index contributed by atoms with van der Waals surface area (Å²) in [4.78, 5) is 23.3. The first-order valence-electron chi connectivity index (χ1n) is 7.91. The van der Waals surface area contributed by atoms with Gasteiger partial charge in [-0.3, -0.25) is 4.79 Å². The molecule has 0 spiro atoms. The van der Waals surface area contributed by atoms with Crippen LogP contribution in [0.3, 0.4) is 0 Å². The van der Waals surface area contributed by atoms with Crippen molar-refractivity contribution in [3.05, 3.63) is 0 Å². The number of hydrogen-bond donors (Lipinski definition) is 3. The Balaban J connectivity index is 2.02. The van der Waals surface area contributed by atoms with Crippen LogP contribution >= 0.6 is 0 Å². The molecule has 122 valence electrons. The highest BCUT2D eigenvalue weighted by Crippen LogP contribution is 2.25. The third kappa shape index (κ3) is 8.55. The molecule has 0 radical (unpaired) electrons. The van der Waals surface area contributed by atoms with Gasteiger partial charge in [-0.15, -0.1) is 0 Å². The second kappa shape index (κ2) is 10.4. The second-order valence-electron chi connectivity index (χ2n) is 5.81. The zero-order valence-corrected chi connectivity index (χ0v) is 13.2. The van der Waals surface area contributed by atoms with Gasteiger partial charge in [0.2, 0.25) is 5.91 Å². The second-order valence-corrected chi connectivity index (χ2v) is 5.81. The average Bonchev–Trinajstić information content (AvgIpc) is 2.45. The van der Waals surface area contributed by atoms with Crippen molar-refractivity contribution in [3.8, 4) is 0 Å². The Labute approximate surface area is 127 Å². The molecule has 0 aromatic rings. The maximum absolute atomic E-state index is 11.8. The number of carbonyl (C=O) groups is 2. The summed E-state index contributed by atoms with van der Waals surface area (Å²) in [5.41, 5.74) is 0. The van der Waals surface area contributed by atoms with Crippen LogP contribution in [0.4, 0.5) is 4.79 Å². The van der Waals surface area contributed by atoms with Crippen molar-refractivity contribution in [2.75, 3.05) is 26.8 Å². The highest BCUT2D eigenvalue weighted by molar-refractivity contribution is 5.76. The normalized spacial score (nSPS) is 17.0. The smallest absolute Gasteiger partial charge is 0.315 e. The minimum Gasteiger partial charge on any atom is -0.383 e. The summed E-state index contributed by atoms with van der Waals surface area (Å²) in [6.45, 7) is 3.25. The van der Waals surface area contributed by atoms with E-state index in [1.54, 1.807) is 7.11 Å². The molecule has 21 heavy (non-hydrogen) atoms. The van der Waals surface area contributed by atoms with Crippen molar-refractivity contribution in [2.24, 2.45) is 5.92 Å². The van der Waals surface area contributed by atoms with Crippen LogP contribution in [0.25, 0.3) is 0 Å². The molecule has 1 saturated carbocycles. The van der Waals surface area contributed by atoms with E-state index in [-0.39, 0.29) is 18.0 Å². The predicted molar refractivity (Wildman–Crippen MR) is 82.1 cm³/mol. The van der Waals surface area contributed by atoms with Gasteiger partial charge in [-0.25, -0.2) is 4.79 Å². The van der Waals surface area contributed by atoms with Gasteiger partial charge < -0.3 is 20.7 Å². The minimum absolute atomic E-state index is 0.0316. The predicted octanol–water partition coefficient (Wildman–Crippen LogP) is 1.41. The number of carbonyl (C=O) groups excluding carboxylic acids is 2. The summed E-state index contributed by atoms with van der Waals surface area (Å²) in [5, 5.41) is 8.32. The molecular formula is C15H29N3O3. The highest BCUT2D eigenvalue weighted by atomic mass is 16.5. The zero-order chi connectivity index (χ0) is 15.5. The lowest BCUT2D eigenvalue weighted by atomic mass is 9.87. The lowest BCUT2D eigenvalue weighted by molar-refractivity contribution is -0.122. The van der Waals surface area contributed by atoms with E-state index < -0.39 is 0 Å². The van der Waals surface area contributed by atoms with Crippen molar-refractivity contribution < 1.29 is 14.3 Å². The molecule has 3 amide bonds. The fraction of sp³-hybridized carbons (Fsp3) is 0.867. The number of hydrogen-bond acceptors (Lipinski definition) is 3. The third-order valence-corrected chi connectivity index (χ3v) is 3.73. The highest BCUT2D eigenvalue weighted by Gasteiger charge is 2.16. The first-order chi connectivity index (χ1) is 10.1. The van der Waals surface area contributed by atoms with Crippen LogP contribution in [-0.2, 0) is 9.53 Å². The molecule has 0 aromatic carbocycles. The van der Waals surface area contributed by atoms with Crippen LogP contribution in [0.2, 0.25) is 0 Å². The Hall–Kier alpha value is -1.30. The number of urea groups is 1. The lowest BCUT2D eigenvalue weighted by Crippen LogP contribution is -2.45. The van der Waals surface area contributed by atoms with Gasteiger partial charge in [0, 0.05) is 26.6 Å². The quantitative estimate of drug-likeness (QED) is 0.593. The molecular weight excluding hydrogens is 270 g/mol. The molecule has 0 aromatic heterocycles. The number of nitrogens with one attached hydrogen (secondary N) is 3. The Morgan fingerprint density at radius 3 is 2.48 bits per heavy atom. The summed E-state index contributed by atoms with van der Waals surface area (Å²) in [6, 6.07) is -0.267. The van der Waals surface area contributed by atoms with Gasteiger partial charge in [0.05, 0.1) is 12.6 Å². The van der Waals surface area contributed by atoms with E-state index in [0.717, 1.165) is 0 Å².